The lowest BCUT2D eigenvalue weighted by atomic mass is 10.2. The molecule has 1 amide bonds. The van der Waals surface area contributed by atoms with Gasteiger partial charge in [-0.05, 0) is 17.7 Å². The van der Waals surface area contributed by atoms with Gasteiger partial charge in [0.05, 0.1) is 12.3 Å². The molecule has 0 unspecified atom stereocenters. The molecule has 0 saturated carbocycles. The van der Waals surface area contributed by atoms with E-state index in [1.165, 1.54) is 12.1 Å². The van der Waals surface area contributed by atoms with Gasteiger partial charge >= 0.3 is 0 Å². The molecule has 0 aromatic heterocycles. The van der Waals surface area contributed by atoms with E-state index in [-0.39, 0.29) is 23.0 Å². The zero-order valence-corrected chi connectivity index (χ0v) is 13.0. The highest BCUT2D eigenvalue weighted by atomic mass is 32.2. The van der Waals surface area contributed by atoms with Crippen molar-refractivity contribution >= 4 is 17.7 Å². The fourth-order valence-corrected chi connectivity index (χ4v) is 2.26. The Morgan fingerprint density at radius 2 is 1.95 bits per heavy atom. The Labute approximate surface area is 124 Å². The number of benzene rings is 1. The average Bonchev–Trinajstić information content (AvgIpc) is 2.37. The molecule has 0 atom stereocenters. The van der Waals surface area contributed by atoms with Crippen molar-refractivity contribution in [3.05, 3.63) is 35.6 Å². The van der Waals surface area contributed by atoms with E-state index in [9.17, 15) is 9.18 Å². The van der Waals surface area contributed by atoms with Crippen LogP contribution in [0.5, 0.6) is 0 Å². The van der Waals surface area contributed by atoms with E-state index >= 15 is 0 Å². The molecule has 0 aliphatic rings. The van der Waals surface area contributed by atoms with Crippen molar-refractivity contribution in [2.45, 2.75) is 32.1 Å². The first-order chi connectivity index (χ1) is 9.31. The summed E-state index contributed by atoms with van der Waals surface area (Å²) in [6, 6.07) is 6.11. The molecule has 2 nitrogen and oxygen atoms in total. The molecule has 0 saturated heterocycles. The Bertz CT molecular complexity index is 485. The average molecular weight is 293 g/mol. The summed E-state index contributed by atoms with van der Waals surface area (Å²) in [6.45, 7) is 6.87. The van der Waals surface area contributed by atoms with Crippen LogP contribution in [0.2, 0.25) is 0 Å². The summed E-state index contributed by atoms with van der Waals surface area (Å²) in [5, 5.41) is 0. The molecule has 1 rings (SSSR count). The van der Waals surface area contributed by atoms with Crippen LogP contribution < -0.4 is 0 Å². The van der Waals surface area contributed by atoms with Gasteiger partial charge in [0.2, 0.25) is 5.91 Å². The topological polar surface area (TPSA) is 20.3 Å². The van der Waals surface area contributed by atoms with Crippen LogP contribution in [-0.2, 0) is 11.3 Å². The zero-order valence-electron chi connectivity index (χ0n) is 12.1. The highest BCUT2D eigenvalue weighted by Gasteiger charge is 2.18. The molecule has 0 radical (unpaired) electrons. The Hall–Kier alpha value is -1.47. The smallest absolute Gasteiger partial charge is 0.233 e. The Morgan fingerprint density at radius 1 is 1.35 bits per heavy atom. The van der Waals surface area contributed by atoms with Crippen molar-refractivity contribution in [2.75, 3.05) is 12.3 Å². The maximum atomic E-state index is 12.9. The molecule has 0 spiro atoms. The predicted octanol–water partition coefficient (Wildman–Crippen LogP) is 3.32. The van der Waals surface area contributed by atoms with Gasteiger partial charge in [0, 0.05) is 11.3 Å². The van der Waals surface area contributed by atoms with E-state index in [0.717, 1.165) is 5.56 Å². The van der Waals surface area contributed by atoms with Gasteiger partial charge in [-0.1, -0.05) is 38.8 Å². The number of hydrogen-bond acceptors (Lipinski definition) is 2. The summed E-state index contributed by atoms with van der Waals surface area (Å²) in [7, 11) is 0. The number of carbonyl (C=O) groups excluding carboxylic acids is 1. The van der Waals surface area contributed by atoms with Gasteiger partial charge in [-0.3, -0.25) is 4.79 Å². The molecule has 4 heteroatoms. The van der Waals surface area contributed by atoms with Crippen molar-refractivity contribution < 1.29 is 9.18 Å². The summed E-state index contributed by atoms with van der Waals surface area (Å²) < 4.78 is 12.9. The van der Waals surface area contributed by atoms with Gasteiger partial charge in [0.1, 0.15) is 5.82 Å². The first kappa shape index (κ1) is 16.6. The van der Waals surface area contributed by atoms with Gasteiger partial charge in [0.15, 0.2) is 0 Å². The molecule has 1 aromatic rings. The second-order valence-electron chi connectivity index (χ2n) is 5.48. The zero-order chi connectivity index (χ0) is 15.2. The van der Waals surface area contributed by atoms with Crippen molar-refractivity contribution in [1.82, 2.24) is 4.90 Å². The van der Waals surface area contributed by atoms with Crippen LogP contribution in [0.3, 0.4) is 0 Å². The van der Waals surface area contributed by atoms with Gasteiger partial charge in [-0.2, -0.15) is 0 Å². The molecule has 0 N–H and O–H groups in total. The summed E-state index contributed by atoms with van der Waals surface area (Å²) in [5.41, 5.74) is 0.871. The summed E-state index contributed by atoms with van der Waals surface area (Å²) in [5.74, 6) is 2.62. The molecule has 0 aliphatic carbocycles. The van der Waals surface area contributed by atoms with E-state index in [4.69, 9.17) is 6.42 Å². The van der Waals surface area contributed by atoms with Crippen molar-refractivity contribution in [3.8, 4) is 12.3 Å². The first-order valence-corrected chi connectivity index (χ1v) is 7.40. The largest absolute Gasteiger partial charge is 0.327 e. The lowest BCUT2D eigenvalue weighted by Gasteiger charge is -2.23. The number of hydrogen-bond donors (Lipinski definition) is 0. The highest BCUT2D eigenvalue weighted by Crippen LogP contribution is 2.23. The summed E-state index contributed by atoms with van der Waals surface area (Å²) in [4.78, 5) is 13.8. The number of terminal acetylenes is 1. The fourth-order valence-electron chi connectivity index (χ4n) is 1.52. The maximum absolute atomic E-state index is 12.9. The highest BCUT2D eigenvalue weighted by molar-refractivity contribution is 8.01. The van der Waals surface area contributed by atoms with Crippen LogP contribution in [0, 0.1) is 18.2 Å². The van der Waals surface area contributed by atoms with E-state index in [0.29, 0.717) is 12.3 Å². The molecule has 1 aromatic carbocycles. The van der Waals surface area contributed by atoms with Gasteiger partial charge in [-0.15, -0.1) is 18.2 Å². The third-order valence-electron chi connectivity index (χ3n) is 2.55. The number of carbonyl (C=O) groups is 1. The number of amides is 1. The minimum atomic E-state index is -0.285. The number of nitrogens with zero attached hydrogens (tertiary/aromatic N) is 1. The van der Waals surface area contributed by atoms with Crippen LogP contribution in [0.25, 0.3) is 0 Å². The van der Waals surface area contributed by atoms with Crippen LogP contribution in [0.1, 0.15) is 26.3 Å². The van der Waals surface area contributed by atoms with E-state index in [2.05, 4.69) is 26.7 Å². The second-order valence-corrected chi connectivity index (χ2v) is 7.28. The van der Waals surface area contributed by atoms with Crippen LogP contribution >= 0.6 is 11.8 Å². The SMILES string of the molecule is C#CCN(Cc1ccc(F)cc1)C(=O)CSC(C)(C)C. The quantitative estimate of drug-likeness (QED) is 0.776. The predicted molar refractivity (Wildman–Crippen MR) is 82.9 cm³/mol. The molecule has 0 bridgehead atoms. The molecular formula is C16H20FNOS. The molecule has 0 aliphatic heterocycles. The third kappa shape index (κ3) is 6.12. The van der Waals surface area contributed by atoms with Gasteiger partial charge < -0.3 is 4.90 Å². The van der Waals surface area contributed by atoms with E-state index in [1.807, 2.05) is 0 Å². The number of halogens is 1. The fraction of sp³-hybridized carbons (Fsp3) is 0.438. The standard InChI is InChI=1S/C16H20FNOS/c1-5-10-18(15(19)12-20-16(2,3)4)11-13-6-8-14(17)9-7-13/h1,6-9H,10-12H2,2-4H3. The maximum Gasteiger partial charge on any atom is 0.233 e. The van der Waals surface area contributed by atoms with Crippen LogP contribution in [0.4, 0.5) is 4.39 Å². The Kier molecular flexibility index (Phi) is 6.09. The van der Waals surface area contributed by atoms with Crippen LogP contribution in [0.15, 0.2) is 24.3 Å². The molecule has 108 valence electrons. The molecular weight excluding hydrogens is 273 g/mol. The monoisotopic (exact) mass is 293 g/mol. The van der Waals surface area contributed by atoms with Crippen LogP contribution in [-0.4, -0.2) is 27.9 Å². The molecule has 0 fully saturated rings. The van der Waals surface area contributed by atoms with Gasteiger partial charge in [0.25, 0.3) is 0 Å². The number of rotatable bonds is 5. The Balaban J connectivity index is 2.66. The molecule has 0 heterocycles. The van der Waals surface area contributed by atoms with Crippen molar-refractivity contribution in [3.63, 3.8) is 0 Å². The Morgan fingerprint density at radius 3 is 2.45 bits per heavy atom. The van der Waals surface area contributed by atoms with E-state index < -0.39 is 0 Å². The lowest BCUT2D eigenvalue weighted by Crippen LogP contribution is -2.33. The minimum absolute atomic E-state index is 0.00667. The minimum Gasteiger partial charge on any atom is -0.327 e. The van der Waals surface area contributed by atoms with Gasteiger partial charge in [-0.25, -0.2) is 4.39 Å². The number of thioether (sulfide) groups is 1. The summed E-state index contributed by atoms with van der Waals surface area (Å²) in [6.07, 6.45) is 5.32. The van der Waals surface area contributed by atoms with Crippen molar-refractivity contribution in [1.29, 1.82) is 0 Å². The summed E-state index contributed by atoms with van der Waals surface area (Å²) >= 11 is 1.59. The first-order valence-electron chi connectivity index (χ1n) is 6.41. The lowest BCUT2D eigenvalue weighted by molar-refractivity contribution is -0.128. The molecule has 20 heavy (non-hydrogen) atoms. The van der Waals surface area contributed by atoms with Crippen molar-refractivity contribution in [2.24, 2.45) is 0 Å². The third-order valence-corrected chi connectivity index (χ3v) is 3.81. The normalized spacial score (nSPS) is 10.9. The van der Waals surface area contributed by atoms with E-state index in [1.54, 1.807) is 28.8 Å². The second kappa shape index (κ2) is 7.35.